The van der Waals surface area contributed by atoms with Crippen LogP contribution >= 0.6 is 27.3 Å². The second kappa shape index (κ2) is 4.88. The first-order valence-electron chi connectivity index (χ1n) is 4.75. The Morgan fingerprint density at radius 1 is 1.62 bits per heavy atom. The molecule has 0 aliphatic carbocycles. The lowest BCUT2D eigenvalue weighted by Crippen LogP contribution is -1.98. The Bertz CT molecular complexity index is 480. The van der Waals surface area contributed by atoms with Gasteiger partial charge >= 0.3 is 0 Å². The molecule has 0 unspecified atom stereocenters. The Morgan fingerprint density at radius 2 is 2.44 bits per heavy atom. The Balaban J connectivity index is 1.99. The van der Waals surface area contributed by atoms with E-state index in [0.717, 1.165) is 21.9 Å². The predicted molar refractivity (Wildman–Crippen MR) is 69.1 cm³/mol. The molecule has 0 radical (unpaired) electrons. The number of nitrogens with one attached hydrogen (secondary N) is 1. The number of halogens is 1. The van der Waals surface area contributed by atoms with Crippen LogP contribution in [0.2, 0.25) is 0 Å². The van der Waals surface area contributed by atoms with Gasteiger partial charge in [0.05, 0.1) is 18.1 Å². The first-order valence-corrected chi connectivity index (χ1v) is 6.35. The lowest BCUT2D eigenvalue weighted by Gasteiger charge is -1.99. The molecule has 1 N–H and O–H groups in total. The Labute approximate surface area is 106 Å². The summed E-state index contributed by atoms with van der Waals surface area (Å²) in [5, 5.41) is 8.39. The van der Waals surface area contributed by atoms with Gasteiger partial charge in [-0.15, -0.1) is 11.3 Å². The second-order valence-electron chi connectivity index (χ2n) is 3.28. The number of nitrogens with zero attached hydrogens (tertiary/aromatic N) is 2. The number of aromatic nitrogens is 2. The number of aryl methyl sites for hydroxylation is 1. The standard InChI is InChI=1S/C10H12BrN3OS/c1-14-4-3-9(13-14)12-6-7-5-8(11)10(15-2)16-7/h3-5H,6H2,1-2H3,(H,12,13). The second-order valence-corrected chi connectivity index (χ2v) is 5.23. The molecule has 2 aromatic rings. The van der Waals surface area contributed by atoms with Crippen molar-refractivity contribution in [1.29, 1.82) is 0 Å². The summed E-state index contributed by atoms with van der Waals surface area (Å²) in [5.74, 6) is 0.881. The molecule has 4 nitrogen and oxygen atoms in total. The van der Waals surface area contributed by atoms with Crippen molar-refractivity contribution in [3.05, 3.63) is 27.7 Å². The van der Waals surface area contributed by atoms with E-state index in [1.165, 1.54) is 4.88 Å². The maximum atomic E-state index is 5.21. The van der Waals surface area contributed by atoms with Gasteiger partial charge in [0.2, 0.25) is 0 Å². The minimum atomic E-state index is 0.754. The van der Waals surface area contributed by atoms with Crippen molar-refractivity contribution in [2.75, 3.05) is 12.4 Å². The van der Waals surface area contributed by atoms with Gasteiger partial charge in [-0.1, -0.05) is 0 Å². The molecule has 0 aromatic carbocycles. The highest BCUT2D eigenvalue weighted by Crippen LogP contribution is 2.34. The van der Waals surface area contributed by atoms with Crippen LogP contribution in [0.25, 0.3) is 0 Å². The predicted octanol–water partition coefficient (Wildman–Crippen LogP) is 2.86. The lowest BCUT2D eigenvalue weighted by molar-refractivity contribution is 0.425. The smallest absolute Gasteiger partial charge is 0.188 e. The van der Waals surface area contributed by atoms with Crippen LogP contribution < -0.4 is 10.1 Å². The minimum Gasteiger partial charge on any atom is -0.486 e. The molecule has 0 aliphatic rings. The van der Waals surface area contributed by atoms with Crippen LogP contribution in [0.1, 0.15) is 4.88 Å². The summed E-state index contributed by atoms with van der Waals surface area (Å²) in [6.07, 6.45) is 1.91. The van der Waals surface area contributed by atoms with Gasteiger partial charge in [0.25, 0.3) is 0 Å². The van der Waals surface area contributed by atoms with Crippen molar-refractivity contribution in [2.24, 2.45) is 7.05 Å². The molecule has 2 rings (SSSR count). The molecule has 2 heterocycles. The molecule has 2 aromatic heterocycles. The van der Waals surface area contributed by atoms with Crippen molar-refractivity contribution < 1.29 is 4.74 Å². The number of anilines is 1. The molecule has 0 saturated carbocycles. The maximum Gasteiger partial charge on any atom is 0.188 e. The highest BCUT2D eigenvalue weighted by molar-refractivity contribution is 9.10. The minimum absolute atomic E-state index is 0.754. The fraction of sp³-hybridized carbons (Fsp3) is 0.300. The lowest BCUT2D eigenvalue weighted by atomic mass is 10.4. The summed E-state index contributed by atoms with van der Waals surface area (Å²) in [4.78, 5) is 1.20. The zero-order valence-corrected chi connectivity index (χ0v) is 11.4. The van der Waals surface area contributed by atoms with Crippen LogP contribution in [0.5, 0.6) is 5.06 Å². The van der Waals surface area contributed by atoms with Gasteiger partial charge in [-0.3, -0.25) is 4.68 Å². The normalized spacial score (nSPS) is 10.4. The molecule has 0 fully saturated rings. The van der Waals surface area contributed by atoms with Crippen molar-refractivity contribution in [3.8, 4) is 5.06 Å². The molecule has 0 saturated heterocycles. The molecule has 6 heteroatoms. The Hall–Kier alpha value is -1.01. The number of hydrogen-bond donors (Lipinski definition) is 1. The quantitative estimate of drug-likeness (QED) is 0.944. The third-order valence-corrected chi connectivity index (χ3v) is 4.00. The third kappa shape index (κ3) is 2.56. The zero-order valence-electron chi connectivity index (χ0n) is 9.03. The molecular formula is C10H12BrN3OS. The van der Waals surface area contributed by atoms with Gasteiger partial charge in [-0.05, 0) is 22.0 Å². The largest absolute Gasteiger partial charge is 0.486 e. The van der Waals surface area contributed by atoms with E-state index >= 15 is 0 Å². The number of methoxy groups -OCH3 is 1. The van der Waals surface area contributed by atoms with E-state index < -0.39 is 0 Å². The first-order chi connectivity index (χ1) is 7.69. The molecule has 86 valence electrons. The van der Waals surface area contributed by atoms with Gasteiger partial charge in [0.1, 0.15) is 5.82 Å². The van der Waals surface area contributed by atoms with Crippen LogP contribution in [-0.2, 0) is 13.6 Å². The van der Waals surface area contributed by atoms with Crippen LogP contribution in [0.3, 0.4) is 0 Å². The van der Waals surface area contributed by atoms with E-state index in [1.807, 2.05) is 19.3 Å². The van der Waals surface area contributed by atoms with Gasteiger partial charge in [-0.25, -0.2) is 0 Å². The van der Waals surface area contributed by atoms with Gasteiger partial charge in [0.15, 0.2) is 5.06 Å². The third-order valence-electron chi connectivity index (χ3n) is 2.05. The summed E-state index contributed by atoms with van der Waals surface area (Å²) < 4.78 is 7.97. The van der Waals surface area contributed by atoms with E-state index in [4.69, 9.17) is 4.74 Å². The monoisotopic (exact) mass is 301 g/mol. The SMILES string of the molecule is COc1sc(CNc2ccn(C)n2)cc1Br. The van der Waals surface area contributed by atoms with Crippen molar-refractivity contribution in [3.63, 3.8) is 0 Å². The molecule has 0 atom stereocenters. The number of ether oxygens (including phenoxy) is 1. The average molecular weight is 302 g/mol. The highest BCUT2D eigenvalue weighted by atomic mass is 79.9. The van der Waals surface area contributed by atoms with Gasteiger partial charge < -0.3 is 10.1 Å². The molecule has 0 spiro atoms. The molecular weight excluding hydrogens is 290 g/mol. The van der Waals surface area contributed by atoms with E-state index in [2.05, 4.69) is 32.4 Å². The van der Waals surface area contributed by atoms with Crippen LogP contribution in [-0.4, -0.2) is 16.9 Å². The van der Waals surface area contributed by atoms with Gasteiger partial charge in [0, 0.05) is 24.2 Å². The topological polar surface area (TPSA) is 39.1 Å². The fourth-order valence-corrected chi connectivity index (χ4v) is 2.94. The molecule has 0 aliphatic heterocycles. The van der Waals surface area contributed by atoms with E-state index in [0.29, 0.717) is 0 Å². The zero-order chi connectivity index (χ0) is 11.5. The van der Waals surface area contributed by atoms with Crippen molar-refractivity contribution in [1.82, 2.24) is 9.78 Å². The number of rotatable bonds is 4. The summed E-state index contributed by atoms with van der Waals surface area (Å²) in [6, 6.07) is 4.00. The van der Waals surface area contributed by atoms with Crippen LogP contribution in [0.15, 0.2) is 22.8 Å². The molecule has 16 heavy (non-hydrogen) atoms. The van der Waals surface area contributed by atoms with Gasteiger partial charge in [-0.2, -0.15) is 5.10 Å². The Morgan fingerprint density at radius 3 is 3.00 bits per heavy atom. The maximum absolute atomic E-state index is 5.21. The summed E-state index contributed by atoms with van der Waals surface area (Å²) in [6.45, 7) is 0.754. The number of hydrogen-bond acceptors (Lipinski definition) is 4. The average Bonchev–Trinajstić information content (AvgIpc) is 2.82. The van der Waals surface area contributed by atoms with Crippen LogP contribution in [0, 0.1) is 0 Å². The van der Waals surface area contributed by atoms with E-state index in [1.54, 1.807) is 23.1 Å². The van der Waals surface area contributed by atoms with Crippen molar-refractivity contribution >= 4 is 33.1 Å². The molecule has 0 amide bonds. The first kappa shape index (κ1) is 11.5. The van der Waals surface area contributed by atoms with E-state index in [-0.39, 0.29) is 0 Å². The Kier molecular flexibility index (Phi) is 3.50. The summed E-state index contributed by atoms with van der Waals surface area (Å²) >= 11 is 5.06. The molecule has 0 bridgehead atoms. The summed E-state index contributed by atoms with van der Waals surface area (Å²) in [7, 11) is 3.57. The van der Waals surface area contributed by atoms with E-state index in [9.17, 15) is 0 Å². The highest BCUT2D eigenvalue weighted by Gasteiger charge is 2.06. The van der Waals surface area contributed by atoms with Crippen molar-refractivity contribution in [2.45, 2.75) is 6.54 Å². The fourth-order valence-electron chi connectivity index (χ4n) is 1.31. The summed E-state index contributed by atoms with van der Waals surface area (Å²) in [5.41, 5.74) is 0. The number of thiophene rings is 1. The van der Waals surface area contributed by atoms with Crippen LogP contribution in [0.4, 0.5) is 5.82 Å².